The van der Waals surface area contributed by atoms with Crippen LogP contribution >= 0.6 is 0 Å². The average Bonchev–Trinajstić information content (AvgIpc) is 2.73. The fraction of sp³-hybridized carbons (Fsp3) is 0.391. The van der Waals surface area contributed by atoms with Crippen LogP contribution in [-0.4, -0.2) is 29.8 Å². The third-order valence-corrected chi connectivity index (χ3v) is 5.76. The van der Waals surface area contributed by atoms with Crippen LogP contribution in [0.1, 0.15) is 59.7 Å². The summed E-state index contributed by atoms with van der Waals surface area (Å²) in [5.74, 6) is -0.139. The number of rotatable bonds is 5. The van der Waals surface area contributed by atoms with Crippen molar-refractivity contribution in [2.75, 3.05) is 12.4 Å². The molecule has 2 aromatic carbocycles. The first-order valence-electron chi connectivity index (χ1n) is 9.90. The molecule has 0 heterocycles. The molecule has 2 aromatic rings. The van der Waals surface area contributed by atoms with E-state index in [2.05, 4.69) is 12.2 Å². The zero-order valence-corrected chi connectivity index (χ0v) is 16.5. The highest BCUT2D eigenvalue weighted by Crippen LogP contribution is 2.29. The van der Waals surface area contributed by atoms with Gasteiger partial charge < -0.3 is 10.2 Å². The highest BCUT2D eigenvalue weighted by Gasteiger charge is 2.26. The van der Waals surface area contributed by atoms with Gasteiger partial charge in [-0.15, -0.1) is 0 Å². The zero-order chi connectivity index (χ0) is 20.1. The van der Waals surface area contributed by atoms with Crippen molar-refractivity contribution < 1.29 is 14.0 Å². The summed E-state index contributed by atoms with van der Waals surface area (Å²) in [6.45, 7) is 2.13. The molecule has 1 N–H and O–H groups in total. The van der Waals surface area contributed by atoms with Crippen molar-refractivity contribution in [1.29, 1.82) is 0 Å². The standard InChI is InChI=1S/C23H27FN2O2/c1-16(17-6-4-3-5-7-17)26(2)23(28)19-10-14-21(15-11-19)25-22(27)18-8-12-20(24)13-9-18/h8-17H,3-7H2,1-2H3,(H,25,27)/t16-/m1/s1. The van der Waals surface area contributed by atoms with Crippen LogP contribution in [0.2, 0.25) is 0 Å². The Bertz CT molecular complexity index is 812. The Balaban J connectivity index is 1.62. The zero-order valence-electron chi connectivity index (χ0n) is 16.5. The number of carbonyl (C=O) groups is 2. The van der Waals surface area contributed by atoms with Gasteiger partial charge in [-0.2, -0.15) is 0 Å². The van der Waals surface area contributed by atoms with Crippen molar-refractivity contribution in [3.63, 3.8) is 0 Å². The van der Waals surface area contributed by atoms with Crippen molar-refractivity contribution in [2.45, 2.75) is 45.1 Å². The molecule has 2 amide bonds. The highest BCUT2D eigenvalue weighted by atomic mass is 19.1. The highest BCUT2D eigenvalue weighted by molar-refractivity contribution is 6.04. The molecular weight excluding hydrogens is 355 g/mol. The summed E-state index contributed by atoms with van der Waals surface area (Å²) in [6.07, 6.45) is 6.17. The van der Waals surface area contributed by atoms with E-state index in [9.17, 15) is 14.0 Å². The van der Waals surface area contributed by atoms with Crippen molar-refractivity contribution in [3.8, 4) is 0 Å². The third-order valence-electron chi connectivity index (χ3n) is 5.76. The second kappa shape index (κ2) is 9.00. The van der Waals surface area contributed by atoms with Crippen LogP contribution in [0, 0.1) is 11.7 Å². The minimum atomic E-state index is -0.383. The van der Waals surface area contributed by atoms with E-state index in [1.165, 1.54) is 56.4 Å². The number of halogens is 1. The molecule has 1 aliphatic rings. The lowest BCUT2D eigenvalue weighted by Crippen LogP contribution is -2.40. The Labute approximate surface area is 165 Å². The van der Waals surface area contributed by atoms with Gasteiger partial charge in [0.15, 0.2) is 0 Å². The predicted molar refractivity (Wildman–Crippen MR) is 109 cm³/mol. The van der Waals surface area contributed by atoms with Gasteiger partial charge in [-0.3, -0.25) is 9.59 Å². The summed E-state index contributed by atoms with van der Waals surface area (Å²) in [5, 5.41) is 2.76. The lowest BCUT2D eigenvalue weighted by atomic mass is 9.84. The van der Waals surface area contributed by atoms with Crippen LogP contribution in [0.4, 0.5) is 10.1 Å². The van der Waals surface area contributed by atoms with Crippen LogP contribution in [-0.2, 0) is 0 Å². The number of benzene rings is 2. The SMILES string of the molecule is C[C@H](C1CCCCC1)N(C)C(=O)c1ccc(NC(=O)c2ccc(F)cc2)cc1. The largest absolute Gasteiger partial charge is 0.339 e. The van der Waals surface area contributed by atoms with Gasteiger partial charge in [-0.1, -0.05) is 19.3 Å². The maximum Gasteiger partial charge on any atom is 0.255 e. The molecule has 1 aliphatic carbocycles. The number of nitrogens with zero attached hydrogens (tertiary/aromatic N) is 1. The quantitative estimate of drug-likeness (QED) is 0.780. The molecule has 28 heavy (non-hydrogen) atoms. The van der Waals surface area contributed by atoms with Gasteiger partial charge >= 0.3 is 0 Å². The molecule has 1 saturated carbocycles. The van der Waals surface area contributed by atoms with E-state index in [1.807, 2.05) is 11.9 Å². The first kappa shape index (κ1) is 20.1. The minimum absolute atomic E-state index is 0.00511. The van der Waals surface area contributed by atoms with Crippen LogP contribution in [0.25, 0.3) is 0 Å². The van der Waals surface area contributed by atoms with E-state index in [0.29, 0.717) is 22.7 Å². The second-order valence-electron chi connectivity index (χ2n) is 7.59. The van der Waals surface area contributed by atoms with E-state index in [4.69, 9.17) is 0 Å². The van der Waals surface area contributed by atoms with Crippen molar-refractivity contribution >= 4 is 17.5 Å². The molecule has 3 rings (SSSR count). The maximum absolute atomic E-state index is 13.0. The van der Waals surface area contributed by atoms with Gasteiger partial charge in [0.05, 0.1) is 0 Å². The predicted octanol–water partition coefficient (Wildman–Crippen LogP) is 5.12. The number of nitrogens with one attached hydrogen (secondary N) is 1. The molecule has 1 fully saturated rings. The smallest absolute Gasteiger partial charge is 0.255 e. The Kier molecular flexibility index (Phi) is 6.45. The molecule has 0 unspecified atom stereocenters. The lowest BCUT2D eigenvalue weighted by Gasteiger charge is -2.34. The molecule has 0 saturated heterocycles. The topological polar surface area (TPSA) is 49.4 Å². The number of anilines is 1. The van der Waals surface area contributed by atoms with E-state index < -0.39 is 0 Å². The van der Waals surface area contributed by atoms with E-state index >= 15 is 0 Å². The first-order chi connectivity index (χ1) is 13.5. The van der Waals surface area contributed by atoms with E-state index in [0.717, 1.165) is 0 Å². The van der Waals surface area contributed by atoms with E-state index in [-0.39, 0.29) is 23.7 Å². The average molecular weight is 382 g/mol. The van der Waals surface area contributed by atoms with Gasteiger partial charge in [0, 0.05) is 29.9 Å². The van der Waals surface area contributed by atoms with Crippen LogP contribution in [0.3, 0.4) is 0 Å². The van der Waals surface area contributed by atoms with Crippen molar-refractivity contribution in [3.05, 3.63) is 65.5 Å². The number of amides is 2. The summed E-state index contributed by atoms with van der Waals surface area (Å²) in [4.78, 5) is 26.9. The Morgan fingerprint density at radius 3 is 2.14 bits per heavy atom. The van der Waals surface area contributed by atoms with Gasteiger partial charge in [0.1, 0.15) is 5.82 Å². The molecule has 148 valence electrons. The molecule has 0 aromatic heterocycles. The lowest BCUT2D eigenvalue weighted by molar-refractivity contribution is 0.0665. The van der Waals surface area contributed by atoms with Crippen LogP contribution < -0.4 is 5.32 Å². The number of hydrogen-bond donors (Lipinski definition) is 1. The summed E-state index contributed by atoms with van der Waals surface area (Å²) in [7, 11) is 1.87. The molecule has 4 nitrogen and oxygen atoms in total. The number of carbonyl (C=O) groups excluding carboxylic acids is 2. The fourth-order valence-electron chi connectivity index (χ4n) is 3.82. The summed E-state index contributed by atoms with van der Waals surface area (Å²) < 4.78 is 13.0. The Morgan fingerprint density at radius 1 is 0.964 bits per heavy atom. The van der Waals surface area contributed by atoms with Gasteiger partial charge in [0.2, 0.25) is 0 Å². The monoisotopic (exact) mass is 382 g/mol. The van der Waals surface area contributed by atoms with Crippen LogP contribution in [0.5, 0.6) is 0 Å². The Morgan fingerprint density at radius 2 is 1.54 bits per heavy atom. The van der Waals surface area contributed by atoms with Crippen LogP contribution in [0.15, 0.2) is 48.5 Å². The molecule has 1 atom stereocenters. The number of hydrogen-bond acceptors (Lipinski definition) is 2. The Hall–Kier alpha value is -2.69. The molecular formula is C23H27FN2O2. The molecule has 5 heteroatoms. The second-order valence-corrected chi connectivity index (χ2v) is 7.59. The van der Waals surface area contributed by atoms with Gasteiger partial charge in [0.25, 0.3) is 11.8 Å². The molecule has 0 radical (unpaired) electrons. The van der Waals surface area contributed by atoms with E-state index in [1.54, 1.807) is 24.3 Å². The summed E-state index contributed by atoms with van der Waals surface area (Å²) in [6, 6.07) is 12.5. The van der Waals surface area contributed by atoms with Gasteiger partial charge in [-0.05, 0) is 74.2 Å². The third kappa shape index (κ3) is 4.77. The minimum Gasteiger partial charge on any atom is -0.339 e. The van der Waals surface area contributed by atoms with Gasteiger partial charge in [-0.25, -0.2) is 4.39 Å². The van der Waals surface area contributed by atoms with Crippen molar-refractivity contribution in [2.24, 2.45) is 5.92 Å². The van der Waals surface area contributed by atoms with Crippen molar-refractivity contribution in [1.82, 2.24) is 4.90 Å². The molecule has 0 spiro atoms. The fourth-order valence-corrected chi connectivity index (χ4v) is 3.82. The summed E-state index contributed by atoms with van der Waals surface area (Å²) >= 11 is 0. The summed E-state index contributed by atoms with van der Waals surface area (Å²) in [5.41, 5.74) is 1.57. The molecule has 0 aliphatic heterocycles. The molecule has 0 bridgehead atoms. The maximum atomic E-state index is 13.0. The first-order valence-corrected chi connectivity index (χ1v) is 9.90. The normalized spacial score (nSPS) is 15.7.